The molecule has 1 saturated carbocycles. The highest BCUT2D eigenvalue weighted by Crippen LogP contribution is 2.54. The third-order valence-corrected chi connectivity index (χ3v) is 4.03. The summed E-state index contributed by atoms with van der Waals surface area (Å²) in [4.78, 5) is 0. The summed E-state index contributed by atoms with van der Waals surface area (Å²) in [5, 5.41) is 3.35. The Labute approximate surface area is 112 Å². The highest BCUT2D eigenvalue weighted by atomic mass is 19.4. The van der Waals surface area contributed by atoms with Crippen LogP contribution in [-0.4, -0.2) is 12.6 Å². The number of nitrogens with one attached hydrogen (secondary N) is 1. The molecule has 1 fully saturated rings. The molecule has 0 heterocycles. The van der Waals surface area contributed by atoms with Gasteiger partial charge < -0.3 is 5.32 Å². The van der Waals surface area contributed by atoms with Crippen molar-refractivity contribution in [2.75, 3.05) is 6.54 Å². The van der Waals surface area contributed by atoms with Crippen molar-refractivity contribution in [3.05, 3.63) is 35.4 Å². The minimum Gasteiger partial charge on any atom is -0.314 e. The van der Waals surface area contributed by atoms with Crippen LogP contribution in [0, 0.1) is 5.92 Å². The lowest BCUT2D eigenvalue weighted by molar-refractivity contribution is -0.137. The topological polar surface area (TPSA) is 12.0 Å². The fourth-order valence-electron chi connectivity index (χ4n) is 2.53. The number of benzene rings is 1. The number of rotatable bonds is 4. The number of hydrogen-bond acceptors (Lipinski definition) is 1. The molecule has 1 aliphatic rings. The quantitative estimate of drug-likeness (QED) is 0.873. The number of halogens is 3. The smallest absolute Gasteiger partial charge is 0.314 e. The summed E-state index contributed by atoms with van der Waals surface area (Å²) in [6.07, 6.45) is -3.30. The van der Waals surface area contributed by atoms with E-state index < -0.39 is 11.7 Å². The van der Waals surface area contributed by atoms with Gasteiger partial charge in [0.25, 0.3) is 0 Å². The molecule has 0 amide bonds. The van der Waals surface area contributed by atoms with E-state index in [1.807, 2.05) is 6.07 Å². The van der Waals surface area contributed by atoms with Gasteiger partial charge in [-0.15, -0.1) is 0 Å². The van der Waals surface area contributed by atoms with Gasteiger partial charge in [-0.25, -0.2) is 0 Å². The molecule has 2 rings (SSSR count). The Morgan fingerprint density at radius 1 is 1.37 bits per heavy atom. The Kier molecular flexibility index (Phi) is 3.65. The Morgan fingerprint density at radius 3 is 2.63 bits per heavy atom. The zero-order valence-electron chi connectivity index (χ0n) is 11.5. The van der Waals surface area contributed by atoms with E-state index in [2.05, 4.69) is 26.1 Å². The third kappa shape index (κ3) is 3.11. The summed E-state index contributed by atoms with van der Waals surface area (Å²) < 4.78 is 38.1. The zero-order valence-corrected chi connectivity index (χ0v) is 11.5. The van der Waals surface area contributed by atoms with E-state index in [0.717, 1.165) is 24.6 Å². The van der Waals surface area contributed by atoms with Gasteiger partial charge in [0.2, 0.25) is 0 Å². The molecule has 106 valence electrons. The van der Waals surface area contributed by atoms with Gasteiger partial charge >= 0.3 is 6.18 Å². The minimum absolute atomic E-state index is 0.108. The molecule has 0 bridgehead atoms. The molecule has 0 aromatic heterocycles. The summed E-state index contributed by atoms with van der Waals surface area (Å²) in [6, 6.07) is 6.16. The molecule has 0 aliphatic heterocycles. The molecular weight excluding hydrogens is 251 g/mol. The van der Waals surface area contributed by atoms with Crippen LogP contribution in [0.4, 0.5) is 13.2 Å². The van der Waals surface area contributed by atoms with E-state index in [1.54, 1.807) is 0 Å². The normalized spacial score (nSPS) is 26.8. The lowest BCUT2D eigenvalue weighted by Crippen LogP contribution is -2.26. The maximum absolute atomic E-state index is 12.7. The van der Waals surface area contributed by atoms with E-state index >= 15 is 0 Å². The standard InChI is InChI=1S/C15H20F3N/c1-10(2)19-9-13-8-14(13,3)11-5-4-6-12(7-11)15(16,17)18/h4-7,10,13,19H,8-9H2,1-3H3. The fourth-order valence-corrected chi connectivity index (χ4v) is 2.53. The Hall–Kier alpha value is -1.03. The second-order valence-electron chi connectivity index (χ2n) is 5.96. The molecule has 2 atom stereocenters. The first-order valence-corrected chi connectivity index (χ1v) is 6.64. The van der Waals surface area contributed by atoms with Crippen LogP contribution in [0.1, 0.15) is 38.3 Å². The molecular formula is C15H20F3N. The highest BCUT2D eigenvalue weighted by molar-refractivity contribution is 5.36. The van der Waals surface area contributed by atoms with Crippen molar-refractivity contribution in [2.24, 2.45) is 5.92 Å². The minimum atomic E-state index is -4.26. The highest BCUT2D eigenvalue weighted by Gasteiger charge is 2.51. The number of alkyl halides is 3. The molecule has 1 N–H and O–H groups in total. The van der Waals surface area contributed by atoms with E-state index in [1.165, 1.54) is 12.1 Å². The fraction of sp³-hybridized carbons (Fsp3) is 0.600. The summed E-state index contributed by atoms with van der Waals surface area (Å²) in [5.74, 6) is 0.429. The van der Waals surface area contributed by atoms with Crippen LogP contribution in [0.25, 0.3) is 0 Å². The molecule has 2 unspecified atom stereocenters. The van der Waals surface area contributed by atoms with Crippen molar-refractivity contribution in [3.8, 4) is 0 Å². The van der Waals surface area contributed by atoms with E-state index in [0.29, 0.717) is 12.0 Å². The largest absolute Gasteiger partial charge is 0.416 e. The van der Waals surface area contributed by atoms with Gasteiger partial charge in [0.05, 0.1) is 5.56 Å². The zero-order chi connectivity index (χ0) is 14.3. The molecule has 19 heavy (non-hydrogen) atoms. The van der Waals surface area contributed by atoms with Crippen LogP contribution in [-0.2, 0) is 11.6 Å². The Balaban J connectivity index is 2.11. The summed E-state index contributed by atoms with van der Waals surface area (Å²) in [7, 11) is 0. The Bertz CT molecular complexity index is 453. The van der Waals surface area contributed by atoms with E-state index in [-0.39, 0.29) is 5.41 Å². The lowest BCUT2D eigenvalue weighted by Gasteiger charge is -2.16. The monoisotopic (exact) mass is 271 g/mol. The van der Waals surface area contributed by atoms with Gasteiger partial charge in [0.15, 0.2) is 0 Å². The summed E-state index contributed by atoms with van der Waals surface area (Å²) in [6.45, 7) is 7.06. The van der Waals surface area contributed by atoms with Crippen molar-refractivity contribution >= 4 is 0 Å². The van der Waals surface area contributed by atoms with Crippen molar-refractivity contribution in [1.29, 1.82) is 0 Å². The predicted octanol–water partition coefficient (Wildman–Crippen LogP) is 3.98. The van der Waals surface area contributed by atoms with Crippen LogP contribution in [0.5, 0.6) is 0 Å². The molecule has 1 aromatic carbocycles. The summed E-state index contributed by atoms with van der Waals surface area (Å²) >= 11 is 0. The van der Waals surface area contributed by atoms with Crippen molar-refractivity contribution in [1.82, 2.24) is 5.32 Å². The summed E-state index contributed by atoms with van der Waals surface area (Å²) in [5.41, 5.74) is 0.148. The van der Waals surface area contributed by atoms with Gasteiger partial charge in [-0.2, -0.15) is 13.2 Å². The Morgan fingerprint density at radius 2 is 2.05 bits per heavy atom. The predicted molar refractivity (Wildman–Crippen MR) is 70.0 cm³/mol. The van der Waals surface area contributed by atoms with E-state index in [9.17, 15) is 13.2 Å². The van der Waals surface area contributed by atoms with Crippen LogP contribution in [0.3, 0.4) is 0 Å². The second kappa shape index (κ2) is 4.82. The average molecular weight is 271 g/mol. The molecule has 4 heteroatoms. The first-order valence-electron chi connectivity index (χ1n) is 6.64. The molecule has 0 saturated heterocycles. The SMILES string of the molecule is CC(C)NCC1CC1(C)c1cccc(C(F)(F)F)c1. The molecule has 1 aliphatic carbocycles. The van der Waals surface area contributed by atoms with Crippen LogP contribution < -0.4 is 5.32 Å². The van der Waals surface area contributed by atoms with Gasteiger partial charge in [0, 0.05) is 6.04 Å². The van der Waals surface area contributed by atoms with Gasteiger partial charge in [-0.1, -0.05) is 39.0 Å². The van der Waals surface area contributed by atoms with Gasteiger partial charge in [-0.3, -0.25) is 0 Å². The molecule has 1 aromatic rings. The van der Waals surface area contributed by atoms with E-state index in [4.69, 9.17) is 0 Å². The lowest BCUT2D eigenvalue weighted by atomic mass is 9.93. The molecule has 1 nitrogen and oxygen atoms in total. The third-order valence-electron chi connectivity index (χ3n) is 4.03. The van der Waals surface area contributed by atoms with Crippen molar-refractivity contribution in [3.63, 3.8) is 0 Å². The number of hydrogen-bond donors (Lipinski definition) is 1. The van der Waals surface area contributed by atoms with Crippen LogP contribution in [0.15, 0.2) is 24.3 Å². The first-order chi connectivity index (χ1) is 8.73. The second-order valence-corrected chi connectivity index (χ2v) is 5.96. The van der Waals surface area contributed by atoms with Crippen molar-refractivity contribution in [2.45, 2.75) is 44.8 Å². The average Bonchev–Trinajstić information content (AvgIpc) is 2.99. The van der Waals surface area contributed by atoms with Crippen LogP contribution >= 0.6 is 0 Å². The maximum Gasteiger partial charge on any atom is 0.416 e. The molecule has 0 radical (unpaired) electrons. The first kappa shape index (κ1) is 14.4. The molecule has 0 spiro atoms. The van der Waals surface area contributed by atoms with Crippen molar-refractivity contribution < 1.29 is 13.2 Å². The van der Waals surface area contributed by atoms with Gasteiger partial charge in [0.1, 0.15) is 0 Å². The maximum atomic E-state index is 12.7. The van der Waals surface area contributed by atoms with Gasteiger partial charge in [-0.05, 0) is 35.9 Å². The van der Waals surface area contributed by atoms with Crippen LogP contribution in [0.2, 0.25) is 0 Å².